The van der Waals surface area contributed by atoms with Crippen molar-refractivity contribution in [1.82, 2.24) is 10.8 Å². The first-order valence-corrected chi connectivity index (χ1v) is 22.7. The van der Waals surface area contributed by atoms with E-state index >= 15 is 0 Å². The van der Waals surface area contributed by atoms with Gasteiger partial charge in [0.25, 0.3) is 0 Å². The fourth-order valence-electron chi connectivity index (χ4n) is 11.4. The Kier molecular flexibility index (Phi) is 15.9. The largest absolute Gasteiger partial charge is 0.481 e. The van der Waals surface area contributed by atoms with Crippen LogP contribution in [-0.2, 0) is 23.9 Å². The topological polar surface area (TPSA) is 154 Å². The number of alkyl halides is 4. The molecule has 0 aromatic rings. The number of amides is 1. The van der Waals surface area contributed by atoms with Crippen molar-refractivity contribution >= 4 is 64.2 Å². The molecule has 1 amide bonds. The van der Waals surface area contributed by atoms with E-state index in [9.17, 15) is 29.8 Å². The number of carbonyl (C=O) groups is 3. The van der Waals surface area contributed by atoms with Crippen molar-refractivity contribution < 1.29 is 39.3 Å². The summed E-state index contributed by atoms with van der Waals surface area (Å²) in [6, 6.07) is -0.393. The number of halogens is 4. The summed E-state index contributed by atoms with van der Waals surface area (Å²) in [5, 5.41) is 31.0. The van der Waals surface area contributed by atoms with Gasteiger partial charge in [0.1, 0.15) is 0 Å². The number of ether oxygens (including phenoxy) is 2. The Morgan fingerprint density at radius 1 is 0.500 bits per heavy atom. The van der Waals surface area contributed by atoms with E-state index in [1.54, 1.807) is 0 Å². The average Bonchev–Trinajstić information content (AvgIpc) is 3.16. The molecular formula is C40H62Cl4N2O8. The monoisotopic (exact) mass is 838 g/mol. The van der Waals surface area contributed by atoms with Gasteiger partial charge in [0, 0.05) is 39.5 Å². The van der Waals surface area contributed by atoms with Gasteiger partial charge in [-0.2, -0.15) is 0 Å². The Morgan fingerprint density at radius 3 is 1.33 bits per heavy atom. The van der Waals surface area contributed by atoms with Gasteiger partial charge in [-0.1, -0.05) is 0 Å². The van der Waals surface area contributed by atoms with E-state index in [0.29, 0.717) is 37.9 Å². The summed E-state index contributed by atoms with van der Waals surface area (Å²) in [4.78, 5) is 37.1. The minimum Gasteiger partial charge on any atom is -0.481 e. The number of hydrogen-bond donors (Lipinski definition) is 5. The van der Waals surface area contributed by atoms with Gasteiger partial charge in [0.2, 0.25) is 5.91 Å². The molecule has 6 fully saturated rings. The SMILES string of the molecule is O=C(O)C1C(Cl)CCC(Cl)C1C(=O)NC1CCC(OC2CCC(C3CCC(OC4CCC(C(NO)C5C(Cl)CCC(Cl)C5C(=O)O)CC4)CC3)CC2)CC1. The molecule has 0 spiro atoms. The number of hydrogen-bond acceptors (Lipinski definition) is 7. The van der Waals surface area contributed by atoms with Crippen LogP contribution in [0.2, 0.25) is 0 Å². The Morgan fingerprint density at radius 2 is 0.889 bits per heavy atom. The zero-order chi connectivity index (χ0) is 38.5. The van der Waals surface area contributed by atoms with Gasteiger partial charge >= 0.3 is 11.9 Å². The number of carboxylic acid groups (broad SMARTS) is 2. The van der Waals surface area contributed by atoms with Crippen LogP contribution in [0.1, 0.15) is 128 Å². The van der Waals surface area contributed by atoms with Crippen molar-refractivity contribution in [3.05, 3.63) is 0 Å². The highest BCUT2D eigenvalue weighted by Crippen LogP contribution is 2.45. The molecule has 6 rings (SSSR count). The van der Waals surface area contributed by atoms with E-state index in [0.717, 1.165) is 88.9 Å². The molecule has 6 saturated carbocycles. The van der Waals surface area contributed by atoms with Crippen LogP contribution in [0.15, 0.2) is 0 Å². The highest BCUT2D eigenvalue weighted by molar-refractivity contribution is 6.25. The number of carbonyl (C=O) groups excluding carboxylic acids is 1. The molecule has 0 radical (unpaired) electrons. The first kappa shape index (κ1) is 43.0. The second-order valence-corrected chi connectivity index (χ2v) is 19.8. The maximum absolute atomic E-state index is 13.1. The van der Waals surface area contributed by atoms with Gasteiger partial charge in [-0.3, -0.25) is 14.4 Å². The van der Waals surface area contributed by atoms with Crippen LogP contribution < -0.4 is 10.8 Å². The molecule has 6 aliphatic rings. The van der Waals surface area contributed by atoms with Crippen molar-refractivity contribution in [3.8, 4) is 0 Å². The number of hydroxylamine groups is 1. The summed E-state index contributed by atoms with van der Waals surface area (Å²) < 4.78 is 13.3. The van der Waals surface area contributed by atoms with Crippen LogP contribution in [0.4, 0.5) is 0 Å². The Hall–Kier alpha value is -0.590. The molecule has 0 aliphatic heterocycles. The average molecular weight is 841 g/mol. The minimum atomic E-state index is -1.06. The molecule has 10 nitrogen and oxygen atoms in total. The number of aliphatic carboxylic acids is 2. The quantitative estimate of drug-likeness (QED) is 0.0969. The van der Waals surface area contributed by atoms with Crippen molar-refractivity contribution in [2.75, 3.05) is 0 Å². The lowest BCUT2D eigenvalue weighted by Gasteiger charge is -2.44. The molecule has 0 heterocycles. The third-order valence-corrected chi connectivity index (χ3v) is 16.4. The normalized spacial score (nSPS) is 44.2. The van der Waals surface area contributed by atoms with Crippen molar-refractivity contribution in [2.24, 2.45) is 41.4 Å². The van der Waals surface area contributed by atoms with Crippen molar-refractivity contribution in [1.29, 1.82) is 0 Å². The zero-order valence-electron chi connectivity index (χ0n) is 31.4. The standard InChI is InChI=1S/C40H62Cl4N2O8/c41-29-17-19-31(43)35(39(48)49)33(29)37(46-52)23-5-13-27(14-6-23)53-25-9-1-21(2-10-25)22-3-11-26(12-4-22)54-28-15-7-24(8-16-28)45-38(47)34-30(42)18-20-32(44)36(34)40(50)51/h21-37,46,52H,1-20H2,(H,45,47)(H,48,49)(H,50,51). The molecule has 0 bridgehead atoms. The van der Waals surface area contributed by atoms with Crippen LogP contribution in [0, 0.1) is 41.4 Å². The molecule has 308 valence electrons. The Labute approximate surface area is 340 Å². The zero-order valence-corrected chi connectivity index (χ0v) is 34.4. The van der Waals surface area contributed by atoms with E-state index in [-0.39, 0.29) is 35.5 Å². The van der Waals surface area contributed by atoms with E-state index < -0.39 is 57.8 Å². The lowest BCUT2D eigenvalue weighted by atomic mass is 9.68. The molecule has 6 aliphatic carbocycles. The number of rotatable bonds is 12. The van der Waals surface area contributed by atoms with Gasteiger partial charge in [0.05, 0.1) is 42.2 Å². The lowest BCUT2D eigenvalue weighted by Crippen LogP contribution is -2.54. The van der Waals surface area contributed by atoms with Crippen LogP contribution in [0.25, 0.3) is 0 Å². The third kappa shape index (κ3) is 10.5. The van der Waals surface area contributed by atoms with E-state index in [2.05, 4.69) is 10.8 Å². The minimum absolute atomic E-state index is 0.00544. The van der Waals surface area contributed by atoms with Gasteiger partial charge in [-0.15, -0.1) is 46.4 Å². The molecule has 5 N–H and O–H groups in total. The number of nitrogens with one attached hydrogen (secondary N) is 2. The Bertz CT molecular complexity index is 1240. The molecule has 0 aromatic carbocycles. The summed E-state index contributed by atoms with van der Waals surface area (Å²) in [6.45, 7) is 0. The predicted octanol–water partition coefficient (Wildman–Crippen LogP) is 8.12. The second kappa shape index (κ2) is 19.9. The van der Waals surface area contributed by atoms with Gasteiger partial charge in [-0.05, 0) is 146 Å². The molecule has 9 unspecified atom stereocenters. The summed E-state index contributed by atoms with van der Waals surface area (Å²) in [5.74, 6) is -3.64. The lowest BCUT2D eigenvalue weighted by molar-refractivity contribution is -0.148. The van der Waals surface area contributed by atoms with E-state index in [1.807, 2.05) is 0 Å². The van der Waals surface area contributed by atoms with Gasteiger partial charge in [0.15, 0.2) is 0 Å². The first-order chi connectivity index (χ1) is 25.9. The molecule has 0 aromatic heterocycles. The highest BCUT2D eigenvalue weighted by Gasteiger charge is 2.49. The fourth-order valence-corrected chi connectivity index (χ4v) is 13.0. The fraction of sp³-hybridized carbons (Fsp3) is 0.925. The van der Waals surface area contributed by atoms with Crippen LogP contribution in [0.3, 0.4) is 0 Å². The molecule has 54 heavy (non-hydrogen) atoms. The molecule has 9 atom stereocenters. The van der Waals surface area contributed by atoms with E-state index in [1.165, 1.54) is 25.7 Å². The van der Waals surface area contributed by atoms with Crippen LogP contribution in [-0.4, -0.2) is 91.3 Å². The Balaban J connectivity index is 0.856. The summed E-state index contributed by atoms with van der Waals surface area (Å²) >= 11 is 25.9. The number of carboxylic acids is 2. The van der Waals surface area contributed by atoms with E-state index in [4.69, 9.17) is 55.9 Å². The maximum atomic E-state index is 13.1. The van der Waals surface area contributed by atoms with Crippen molar-refractivity contribution in [2.45, 2.75) is 186 Å². The summed E-state index contributed by atoms with van der Waals surface area (Å²) in [5.41, 5.74) is 2.47. The highest BCUT2D eigenvalue weighted by atomic mass is 35.5. The predicted molar refractivity (Wildman–Crippen MR) is 209 cm³/mol. The summed E-state index contributed by atoms with van der Waals surface area (Å²) in [6.07, 6.45) is 19.4. The molecular weight excluding hydrogens is 778 g/mol. The smallest absolute Gasteiger partial charge is 0.308 e. The molecule has 0 saturated heterocycles. The third-order valence-electron chi connectivity index (χ3n) is 14.4. The van der Waals surface area contributed by atoms with Crippen LogP contribution >= 0.6 is 46.4 Å². The maximum Gasteiger partial charge on any atom is 0.308 e. The van der Waals surface area contributed by atoms with Crippen LogP contribution in [0.5, 0.6) is 0 Å². The second-order valence-electron chi connectivity index (χ2n) is 17.6. The molecule has 14 heteroatoms. The van der Waals surface area contributed by atoms with Gasteiger partial charge < -0.3 is 30.2 Å². The first-order valence-electron chi connectivity index (χ1n) is 21.0. The van der Waals surface area contributed by atoms with Gasteiger partial charge in [-0.25, -0.2) is 5.48 Å². The summed E-state index contributed by atoms with van der Waals surface area (Å²) in [7, 11) is 0. The van der Waals surface area contributed by atoms with Crippen molar-refractivity contribution in [3.63, 3.8) is 0 Å².